The van der Waals surface area contributed by atoms with Crippen LogP contribution >= 0.6 is 15.9 Å². The van der Waals surface area contributed by atoms with Crippen molar-refractivity contribution in [3.8, 4) is 0 Å². The first-order valence-electron chi connectivity index (χ1n) is 26.0. The quantitative estimate of drug-likeness (QED) is 0.0852. The maximum absolute atomic E-state index is 15.5. The molecule has 4 saturated heterocycles. The Morgan fingerprint density at radius 2 is 1.10 bits per heavy atom. The highest BCUT2D eigenvalue weighted by Crippen LogP contribution is 2.35. The molecule has 422 valence electrons. The molecule has 4 fully saturated rings. The van der Waals surface area contributed by atoms with E-state index in [2.05, 4.69) is 40.8 Å². The number of aliphatic hydroxyl groups is 2. The van der Waals surface area contributed by atoms with Gasteiger partial charge >= 0.3 is 12.2 Å². The number of carbonyl (C=O) groups is 4. The Hall–Kier alpha value is -5.84. The van der Waals surface area contributed by atoms with Gasteiger partial charge in [0.25, 0.3) is 5.91 Å². The predicted octanol–water partition coefficient (Wildman–Crippen LogP) is 9.19. The fourth-order valence-corrected chi connectivity index (χ4v) is 9.30. The number of anilines is 1. The molecule has 4 aromatic rings. The number of ether oxygens (including phenoxy) is 2. The predicted molar refractivity (Wildman–Crippen MR) is 284 cm³/mol. The highest BCUT2D eigenvalue weighted by atomic mass is 79.9. The van der Waals surface area contributed by atoms with Crippen molar-refractivity contribution in [2.24, 2.45) is 17.8 Å². The molecular formula is C55H74BrF4N9O8. The van der Waals surface area contributed by atoms with Crippen molar-refractivity contribution in [3.05, 3.63) is 112 Å². The highest BCUT2D eigenvalue weighted by molar-refractivity contribution is 9.10. The molecule has 4 aromatic heterocycles. The lowest BCUT2D eigenvalue weighted by atomic mass is 9.87. The van der Waals surface area contributed by atoms with Gasteiger partial charge in [0.15, 0.2) is 5.67 Å². The van der Waals surface area contributed by atoms with Gasteiger partial charge in [0.1, 0.15) is 45.4 Å². The van der Waals surface area contributed by atoms with Crippen molar-refractivity contribution < 1.29 is 56.4 Å². The zero-order valence-electron chi connectivity index (χ0n) is 44.8. The van der Waals surface area contributed by atoms with Crippen molar-refractivity contribution in [1.29, 1.82) is 0 Å². The van der Waals surface area contributed by atoms with Crippen LogP contribution in [0.1, 0.15) is 122 Å². The SMILES string of the molecule is CC(C)(C)OC(=O)N1CCC(C(O)c2ccc(F)cn2)CC1.CC(C)(C)OC(=O)N1CCC(C=O)CC1.Fc1ccc(Br)nc1.Nc1cc(CN2CCC(F)(C(=O)N3CCC(C(O)c4ccc(F)cn4)CC3)CC2)ccn1. The number of aliphatic hydroxyl groups excluding tert-OH is 2. The van der Waals surface area contributed by atoms with Gasteiger partial charge in [-0.25, -0.2) is 37.1 Å². The number of likely N-dealkylation sites (tertiary alicyclic amines) is 4. The number of aromatic nitrogens is 4. The van der Waals surface area contributed by atoms with Gasteiger partial charge in [-0.2, -0.15) is 0 Å². The topological polar surface area (TPSA) is 218 Å². The first kappa shape index (κ1) is 62.0. The molecule has 0 bridgehead atoms. The summed E-state index contributed by atoms with van der Waals surface area (Å²) in [6.45, 7) is 15.8. The van der Waals surface area contributed by atoms with Crippen molar-refractivity contribution in [1.82, 2.24) is 39.5 Å². The Labute approximate surface area is 457 Å². The molecule has 22 heteroatoms. The van der Waals surface area contributed by atoms with Gasteiger partial charge in [-0.05, 0) is 162 Å². The molecule has 0 saturated carbocycles. The molecule has 4 N–H and O–H groups in total. The Bertz CT molecular complexity index is 2450. The van der Waals surface area contributed by atoms with E-state index in [4.69, 9.17) is 15.2 Å². The summed E-state index contributed by atoms with van der Waals surface area (Å²) in [5.74, 6) is -1.14. The number of halogens is 5. The van der Waals surface area contributed by atoms with E-state index in [-0.39, 0.29) is 48.6 Å². The Balaban J connectivity index is 0.000000210. The van der Waals surface area contributed by atoms with E-state index < -0.39 is 46.6 Å². The molecule has 4 aliphatic rings. The summed E-state index contributed by atoms with van der Waals surface area (Å²) >= 11 is 3.07. The standard InChI is InChI=1S/C23H29F2N5O2.C16H23FN2O3.C11H19NO3.C5H3BrFN/c24-18-1-2-19(28-14-18)21(31)17-4-9-30(10-5-17)22(32)23(25)6-11-29(12-7-23)15-16-3-8-27-20(26)13-16;1-16(2,3)22-15(21)19-8-6-11(7-9-19)14(20)13-5-4-12(17)10-18-13;1-11(2,3)15-10(14)12-6-4-9(8-13)5-7-12;6-5-2-1-4(7)3-8-5/h1-3,8,13-14,17,21,31H,4-7,9-12,15H2,(H2,26,27);4-5,10-11,14,20H,6-9H2,1-3H3;8-9H,4-7H2,1-3H3;1-3H. The number of nitrogens with zero attached hydrogens (tertiary/aromatic N) is 8. The molecule has 77 heavy (non-hydrogen) atoms. The molecule has 2 unspecified atom stereocenters. The second-order valence-corrected chi connectivity index (χ2v) is 22.5. The molecule has 3 amide bonds. The normalized spacial score (nSPS) is 18.4. The average Bonchev–Trinajstić information content (AvgIpc) is 3.40. The van der Waals surface area contributed by atoms with Crippen LogP contribution in [0.5, 0.6) is 0 Å². The molecular weight excluding hydrogens is 1070 g/mol. The number of nitrogen functional groups attached to an aromatic ring is 1. The van der Waals surface area contributed by atoms with E-state index in [0.717, 1.165) is 43.3 Å². The van der Waals surface area contributed by atoms with Crippen molar-refractivity contribution in [3.63, 3.8) is 0 Å². The molecule has 4 aliphatic heterocycles. The molecule has 0 spiro atoms. The van der Waals surface area contributed by atoms with Gasteiger partial charge in [0, 0.05) is 83.9 Å². The van der Waals surface area contributed by atoms with Gasteiger partial charge in [-0.3, -0.25) is 19.7 Å². The number of hydrogen-bond acceptors (Lipinski definition) is 14. The summed E-state index contributed by atoms with van der Waals surface area (Å²) in [7, 11) is 0. The lowest BCUT2D eigenvalue weighted by molar-refractivity contribution is -0.149. The molecule has 8 heterocycles. The average molecular weight is 1150 g/mol. The monoisotopic (exact) mass is 1140 g/mol. The highest BCUT2D eigenvalue weighted by Gasteiger charge is 2.45. The van der Waals surface area contributed by atoms with Crippen LogP contribution in [0.2, 0.25) is 0 Å². The number of hydrogen-bond donors (Lipinski definition) is 3. The third kappa shape index (κ3) is 20.5. The fraction of sp³-hybridized carbons (Fsp3) is 0.564. The van der Waals surface area contributed by atoms with Crippen LogP contribution in [0.3, 0.4) is 0 Å². The van der Waals surface area contributed by atoms with E-state index in [1.807, 2.05) is 53.7 Å². The molecule has 17 nitrogen and oxygen atoms in total. The maximum atomic E-state index is 15.5. The van der Waals surface area contributed by atoms with Crippen LogP contribution in [0.25, 0.3) is 0 Å². The fourth-order valence-electron chi connectivity index (χ4n) is 9.07. The van der Waals surface area contributed by atoms with Crippen molar-refractivity contribution in [2.45, 2.75) is 129 Å². The first-order valence-corrected chi connectivity index (χ1v) is 26.8. The van der Waals surface area contributed by atoms with E-state index in [1.165, 1.54) is 30.3 Å². The van der Waals surface area contributed by atoms with Gasteiger partial charge < -0.3 is 44.9 Å². The minimum atomic E-state index is -1.85. The van der Waals surface area contributed by atoms with Crippen LogP contribution in [0.4, 0.5) is 33.0 Å². The van der Waals surface area contributed by atoms with Gasteiger partial charge in [0.05, 0.1) is 42.2 Å². The number of pyridine rings is 4. The van der Waals surface area contributed by atoms with Gasteiger partial charge in [-0.1, -0.05) is 0 Å². The smallest absolute Gasteiger partial charge is 0.410 e. The third-order valence-corrected chi connectivity index (χ3v) is 13.8. The van der Waals surface area contributed by atoms with Gasteiger partial charge in [0.2, 0.25) is 0 Å². The lowest BCUT2D eigenvalue weighted by Crippen LogP contribution is -2.54. The minimum Gasteiger partial charge on any atom is -0.444 e. The first-order chi connectivity index (χ1) is 36.3. The van der Waals surface area contributed by atoms with E-state index in [0.29, 0.717) is 106 Å². The third-order valence-electron chi connectivity index (χ3n) is 13.4. The number of carbonyl (C=O) groups excluding carboxylic acids is 4. The van der Waals surface area contributed by atoms with Crippen molar-refractivity contribution >= 4 is 46.1 Å². The second kappa shape index (κ2) is 28.7. The molecule has 0 radical (unpaired) electrons. The Kier molecular flexibility index (Phi) is 23.1. The number of piperidine rings is 4. The van der Waals surface area contributed by atoms with E-state index in [1.54, 1.807) is 27.0 Å². The Morgan fingerprint density at radius 1 is 0.675 bits per heavy atom. The number of amides is 3. The number of aldehydes is 1. The number of nitrogens with two attached hydrogens (primary N) is 1. The summed E-state index contributed by atoms with van der Waals surface area (Å²) in [6.07, 6.45) is 8.10. The lowest BCUT2D eigenvalue weighted by Gasteiger charge is -2.41. The summed E-state index contributed by atoms with van der Waals surface area (Å²) in [5, 5.41) is 20.9. The van der Waals surface area contributed by atoms with Crippen LogP contribution < -0.4 is 5.73 Å². The number of alkyl halides is 1. The molecule has 0 aromatic carbocycles. The summed E-state index contributed by atoms with van der Waals surface area (Å²) in [4.78, 5) is 69.6. The van der Waals surface area contributed by atoms with Crippen LogP contribution in [0.15, 0.2) is 77.9 Å². The Morgan fingerprint density at radius 3 is 1.48 bits per heavy atom. The molecule has 2 atom stereocenters. The van der Waals surface area contributed by atoms with Crippen LogP contribution in [0, 0.1) is 35.2 Å². The van der Waals surface area contributed by atoms with E-state index >= 15 is 4.39 Å². The largest absolute Gasteiger partial charge is 0.444 e. The summed E-state index contributed by atoms with van der Waals surface area (Å²) in [5.41, 5.74) is 4.83. The molecule has 0 aliphatic carbocycles. The summed E-state index contributed by atoms with van der Waals surface area (Å²) < 4.78 is 64.7. The van der Waals surface area contributed by atoms with Crippen molar-refractivity contribution in [2.75, 3.05) is 58.1 Å². The van der Waals surface area contributed by atoms with Crippen LogP contribution in [-0.2, 0) is 25.6 Å². The zero-order valence-corrected chi connectivity index (χ0v) is 46.4. The van der Waals surface area contributed by atoms with Gasteiger partial charge in [-0.15, -0.1) is 0 Å². The second-order valence-electron chi connectivity index (χ2n) is 21.7. The summed E-state index contributed by atoms with van der Waals surface area (Å²) in [6, 6.07) is 12.1. The van der Waals surface area contributed by atoms with E-state index in [9.17, 15) is 42.6 Å². The molecule has 8 rings (SSSR count). The maximum Gasteiger partial charge on any atom is 0.410 e. The zero-order chi connectivity index (χ0) is 56.5. The number of rotatable bonds is 8. The minimum absolute atomic E-state index is 0.0108. The van der Waals surface area contributed by atoms with Crippen LogP contribution in [-0.4, -0.2) is 143 Å².